The number of amides is 1. The highest BCUT2D eigenvalue weighted by atomic mass is 16.5. The molecule has 1 aromatic carbocycles. The first kappa shape index (κ1) is 18.8. The minimum absolute atomic E-state index is 0.188. The van der Waals surface area contributed by atoms with Gasteiger partial charge in [0.1, 0.15) is 5.69 Å². The molecule has 6 heteroatoms. The molecule has 0 fully saturated rings. The van der Waals surface area contributed by atoms with Crippen molar-refractivity contribution < 1.29 is 9.53 Å². The van der Waals surface area contributed by atoms with Crippen LogP contribution in [0.25, 0.3) is 5.65 Å². The van der Waals surface area contributed by atoms with Gasteiger partial charge in [-0.1, -0.05) is 0 Å². The van der Waals surface area contributed by atoms with E-state index in [4.69, 9.17) is 4.74 Å². The smallest absolute Gasteiger partial charge is 0.274 e. The zero-order valence-electron chi connectivity index (χ0n) is 16.5. The number of ether oxygens (including phenoxy) is 1. The van der Waals surface area contributed by atoms with Crippen LogP contribution in [0.4, 0.5) is 11.4 Å². The molecule has 0 aliphatic rings. The van der Waals surface area contributed by atoms with Crippen LogP contribution in [0.15, 0.2) is 36.5 Å². The monoisotopic (exact) mass is 366 g/mol. The van der Waals surface area contributed by atoms with Gasteiger partial charge in [-0.2, -0.15) is 0 Å². The number of methoxy groups -OCH3 is 1. The van der Waals surface area contributed by atoms with E-state index in [9.17, 15) is 4.79 Å². The molecule has 2 heterocycles. The number of carbonyl (C=O) groups excluding carboxylic acids is 1. The number of aromatic nitrogens is 2. The van der Waals surface area contributed by atoms with Crippen molar-refractivity contribution in [3.05, 3.63) is 53.5 Å². The van der Waals surface area contributed by atoms with Crippen LogP contribution in [0.5, 0.6) is 5.75 Å². The van der Waals surface area contributed by atoms with E-state index in [-0.39, 0.29) is 5.91 Å². The number of aryl methyl sites for hydroxylation is 2. The van der Waals surface area contributed by atoms with Crippen LogP contribution in [0.3, 0.4) is 0 Å². The number of nitrogens with zero attached hydrogens (tertiary/aromatic N) is 3. The maximum Gasteiger partial charge on any atom is 0.274 e. The number of carbonyl (C=O) groups is 1. The Hall–Kier alpha value is -3.02. The highest BCUT2D eigenvalue weighted by Crippen LogP contribution is 2.25. The van der Waals surface area contributed by atoms with Gasteiger partial charge >= 0.3 is 0 Å². The van der Waals surface area contributed by atoms with Gasteiger partial charge < -0.3 is 15.0 Å². The molecule has 1 N–H and O–H groups in total. The fourth-order valence-corrected chi connectivity index (χ4v) is 3.34. The molecule has 0 aliphatic heterocycles. The number of hydrogen-bond donors (Lipinski definition) is 1. The van der Waals surface area contributed by atoms with Gasteiger partial charge in [0.2, 0.25) is 0 Å². The first-order valence-electron chi connectivity index (χ1n) is 9.18. The zero-order chi connectivity index (χ0) is 19.6. The fraction of sp³-hybridized carbons (Fsp3) is 0.333. The van der Waals surface area contributed by atoms with Gasteiger partial charge in [0.25, 0.3) is 5.91 Å². The summed E-state index contributed by atoms with van der Waals surface area (Å²) in [5, 5.41) is 3.03. The van der Waals surface area contributed by atoms with Crippen molar-refractivity contribution in [2.24, 2.45) is 0 Å². The second kappa shape index (κ2) is 7.70. The largest absolute Gasteiger partial charge is 0.493 e. The summed E-state index contributed by atoms with van der Waals surface area (Å²) in [6.45, 7) is 10.0. The van der Waals surface area contributed by atoms with Crippen LogP contribution in [-0.2, 0) is 0 Å². The Bertz CT molecular complexity index is 974. The van der Waals surface area contributed by atoms with Crippen molar-refractivity contribution in [1.29, 1.82) is 0 Å². The number of benzene rings is 1. The van der Waals surface area contributed by atoms with Crippen molar-refractivity contribution in [2.45, 2.75) is 27.7 Å². The Balaban J connectivity index is 1.92. The molecule has 0 radical (unpaired) electrons. The van der Waals surface area contributed by atoms with Crippen molar-refractivity contribution in [1.82, 2.24) is 9.38 Å². The van der Waals surface area contributed by atoms with E-state index in [0.717, 1.165) is 30.0 Å². The maximum atomic E-state index is 13.0. The van der Waals surface area contributed by atoms with Crippen molar-refractivity contribution in [3.8, 4) is 5.75 Å². The molecule has 3 aromatic rings. The summed E-state index contributed by atoms with van der Waals surface area (Å²) in [6, 6.07) is 9.78. The fourth-order valence-electron chi connectivity index (χ4n) is 3.34. The van der Waals surface area contributed by atoms with E-state index in [0.29, 0.717) is 22.8 Å². The van der Waals surface area contributed by atoms with Gasteiger partial charge in [0.15, 0.2) is 11.4 Å². The molecule has 1 amide bonds. The van der Waals surface area contributed by atoms with Gasteiger partial charge in [-0.15, -0.1) is 0 Å². The van der Waals surface area contributed by atoms with E-state index >= 15 is 0 Å². The minimum Gasteiger partial charge on any atom is -0.493 e. The van der Waals surface area contributed by atoms with Crippen LogP contribution >= 0.6 is 0 Å². The van der Waals surface area contributed by atoms with E-state index in [1.165, 1.54) is 0 Å². The Morgan fingerprint density at radius 1 is 1.22 bits per heavy atom. The summed E-state index contributed by atoms with van der Waals surface area (Å²) in [4.78, 5) is 19.7. The predicted molar refractivity (Wildman–Crippen MR) is 109 cm³/mol. The lowest BCUT2D eigenvalue weighted by molar-refractivity contribution is 0.102. The van der Waals surface area contributed by atoms with Crippen LogP contribution in [-0.4, -0.2) is 35.5 Å². The Labute approximate surface area is 159 Å². The Morgan fingerprint density at radius 2 is 1.96 bits per heavy atom. The van der Waals surface area contributed by atoms with E-state index in [1.807, 2.05) is 44.3 Å². The molecule has 0 bridgehead atoms. The second-order valence-electron chi connectivity index (χ2n) is 6.44. The SMILES string of the molecule is CCN(CC)c1ccc(NC(=O)c2c(C)nc3c(OC)cccn23)c(C)c1. The third-order valence-electron chi connectivity index (χ3n) is 4.81. The predicted octanol–water partition coefficient (Wildman–Crippen LogP) is 4.06. The molecule has 3 rings (SSSR count). The van der Waals surface area contributed by atoms with Gasteiger partial charge in [-0.25, -0.2) is 4.98 Å². The first-order valence-corrected chi connectivity index (χ1v) is 9.18. The number of anilines is 2. The molecule has 0 spiro atoms. The van der Waals surface area contributed by atoms with E-state index < -0.39 is 0 Å². The molecule has 2 aromatic heterocycles. The number of imidazole rings is 1. The van der Waals surface area contributed by atoms with E-state index in [2.05, 4.69) is 35.1 Å². The molecule has 0 atom stereocenters. The van der Waals surface area contributed by atoms with Crippen molar-refractivity contribution >= 4 is 22.9 Å². The maximum absolute atomic E-state index is 13.0. The molecule has 6 nitrogen and oxygen atoms in total. The first-order chi connectivity index (χ1) is 13.0. The molecule has 27 heavy (non-hydrogen) atoms. The lowest BCUT2D eigenvalue weighted by atomic mass is 10.1. The van der Waals surface area contributed by atoms with Gasteiger partial charge in [0, 0.05) is 30.7 Å². The Kier molecular flexibility index (Phi) is 5.35. The number of fused-ring (bicyclic) bond motifs is 1. The van der Waals surface area contributed by atoms with E-state index in [1.54, 1.807) is 11.5 Å². The summed E-state index contributed by atoms with van der Waals surface area (Å²) in [5.74, 6) is 0.450. The van der Waals surface area contributed by atoms with Crippen molar-refractivity contribution in [3.63, 3.8) is 0 Å². The minimum atomic E-state index is -0.188. The average molecular weight is 366 g/mol. The van der Waals surface area contributed by atoms with Crippen molar-refractivity contribution in [2.75, 3.05) is 30.4 Å². The van der Waals surface area contributed by atoms with Crippen LogP contribution < -0.4 is 15.0 Å². The molecule has 0 unspecified atom stereocenters. The standard InChI is InChI=1S/C21H26N4O2/c1-6-24(7-2)16-10-11-17(14(3)13-16)23-21(26)19-15(4)22-20-18(27-5)9-8-12-25(19)20/h8-13H,6-7H2,1-5H3,(H,23,26). The summed E-state index contributed by atoms with van der Waals surface area (Å²) in [7, 11) is 1.60. The second-order valence-corrected chi connectivity index (χ2v) is 6.44. The van der Waals surface area contributed by atoms with Crippen LogP contribution in [0.1, 0.15) is 35.6 Å². The topological polar surface area (TPSA) is 58.9 Å². The number of pyridine rings is 1. The molecule has 142 valence electrons. The van der Waals surface area contributed by atoms with Gasteiger partial charge in [-0.05, 0) is 63.6 Å². The molecule has 0 saturated heterocycles. The highest BCUT2D eigenvalue weighted by Gasteiger charge is 2.19. The summed E-state index contributed by atoms with van der Waals surface area (Å²) in [5.41, 5.74) is 4.79. The summed E-state index contributed by atoms with van der Waals surface area (Å²) >= 11 is 0. The summed E-state index contributed by atoms with van der Waals surface area (Å²) in [6.07, 6.45) is 1.82. The summed E-state index contributed by atoms with van der Waals surface area (Å²) < 4.78 is 7.12. The number of hydrogen-bond acceptors (Lipinski definition) is 4. The Morgan fingerprint density at radius 3 is 2.59 bits per heavy atom. The van der Waals surface area contributed by atoms with Gasteiger partial charge in [-0.3, -0.25) is 9.20 Å². The van der Waals surface area contributed by atoms with Gasteiger partial charge in [0.05, 0.1) is 12.8 Å². The molecular formula is C21H26N4O2. The quantitative estimate of drug-likeness (QED) is 0.715. The zero-order valence-corrected chi connectivity index (χ0v) is 16.5. The normalized spacial score (nSPS) is 10.9. The van der Waals surface area contributed by atoms with Crippen LogP contribution in [0, 0.1) is 13.8 Å². The highest BCUT2D eigenvalue weighted by molar-refractivity contribution is 6.05. The average Bonchev–Trinajstić information content (AvgIpc) is 3.00. The lowest BCUT2D eigenvalue weighted by Crippen LogP contribution is -2.22. The van der Waals surface area contributed by atoms with Crippen LogP contribution in [0.2, 0.25) is 0 Å². The molecule has 0 saturated carbocycles. The lowest BCUT2D eigenvalue weighted by Gasteiger charge is -2.22. The third-order valence-corrected chi connectivity index (χ3v) is 4.81. The third kappa shape index (κ3) is 3.47. The number of rotatable bonds is 6. The molecular weight excluding hydrogens is 340 g/mol. The number of nitrogens with one attached hydrogen (secondary N) is 1. The molecule has 0 aliphatic carbocycles.